The molecule has 2 aliphatic heterocycles. The van der Waals surface area contributed by atoms with E-state index in [0.29, 0.717) is 48.7 Å². The van der Waals surface area contributed by atoms with Crippen molar-refractivity contribution < 1.29 is 9.53 Å². The number of nitrogens with zero attached hydrogens (tertiary/aromatic N) is 2. The van der Waals surface area contributed by atoms with Gasteiger partial charge in [-0.05, 0) is 89.3 Å². The minimum absolute atomic E-state index is 0.0794. The first-order valence-corrected chi connectivity index (χ1v) is 14.9. The summed E-state index contributed by atoms with van der Waals surface area (Å²) < 4.78 is 5.95. The quantitative estimate of drug-likeness (QED) is 0.531. The molecule has 1 saturated carbocycles. The molecular weight excluding hydrogens is 482 g/mol. The lowest BCUT2D eigenvalue weighted by molar-refractivity contribution is -0.100. The van der Waals surface area contributed by atoms with Gasteiger partial charge < -0.3 is 14.6 Å². The van der Waals surface area contributed by atoms with Gasteiger partial charge in [0.15, 0.2) is 0 Å². The lowest BCUT2D eigenvalue weighted by Crippen LogP contribution is -2.57. The number of hydrogen-bond acceptors (Lipinski definition) is 5. The predicted molar refractivity (Wildman–Crippen MR) is 150 cm³/mol. The first kappa shape index (κ1) is 26.6. The number of hydrogen-bond donors (Lipinski definition) is 1. The number of pyridine rings is 1. The molecule has 1 atom stereocenters. The van der Waals surface area contributed by atoms with Gasteiger partial charge >= 0.3 is 0 Å². The van der Waals surface area contributed by atoms with Crippen molar-refractivity contribution in [2.45, 2.75) is 104 Å². The summed E-state index contributed by atoms with van der Waals surface area (Å²) in [6.07, 6.45) is 6.67. The van der Waals surface area contributed by atoms with Crippen LogP contribution in [0.15, 0.2) is 10.9 Å². The lowest BCUT2D eigenvalue weighted by atomic mass is 9.76. The Morgan fingerprint density at radius 1 is 1.08 bits per heavy atom. The summed E-state index contributed by atoms with van der Waals surface area (Å²) in [6, 6.07) is 2.69. The van der Waals surface area contributed by atoms with Crippen LogP contribution in [0, 0.1) is 26.7 Å². The van der Waals surface area contributed by atoms with E-state index < -0.39 is 0 Å². The molecule has 0 bridgehead atoms. The van der Waals surface area contributed by atoms with Crippen LogP contribution in [0.25, 0.3) is 0 Å². The maximum atomic E-state index is 13.6. The summed E-state index contributed by atoms with van der Waals surface area (Å²) in [5, 5.41) is 0. The molecule has 7 heteroatoms. The van der Waals surface area contributed by atoms with Crippen molar-refractivity contribution in [2.24, 2.45) is 5.92 Å². The van der Waals surface area contributed by atoms with E-state index in [4.69, 9.17) is 4.74 Å². The highest BCUT2D eigenvalue weighted by molar-refractivity contribution is 7.12. The fourth-order valence-corrected chi connectivity index (χ4v) is 8.25. The highest BCUT2D eigenvalue weighted by Gasteiger charge is 2.38. The number of rotatable bonds is 7. The Morgan fingerprint density at radius 2 is 1.78 bits per heavy atom. The first-order chi connectivity index (χ1) is 17.6. The maximum Gasteiger partial charge on any atom is 0.255 e. The molecule has 1 amide bonds. The molecule has 37 heavy (non-hydrogen) atoms. The van der Waals surface area contributed by atoms with E-state index in [1.807, 2.05) is 36.2 Å². The van der Waals surface area contributed by atoms with Crippen LogP contribution < -0.4 is 5.56 Å². The van der Waals surface area contributed by atoms with Crippen LogP contribution in [0.2, 0.25) is 0 Å². The number of carbonyl (C=O) groups is 1. The van der Waals surface area contributed by atoms with E-state index in [-0.39, 0.29) is 11.5 Å². The van der Waals surface area contributed by atoms with Gasteiger partial charge in [0, 0.05) is 53.1 Å². The zero-order chi connectivity index (χ0) is 26.4. The number of H-pyrrole nitrogens is 1. The number of amides is 1. The summed E-state index contributed by atoms with van der Waals surface area (Å²) in [6.45, 7) is 15.9. The molecule has 1 N–H and O–H groups in total. The second-order valence-electron chi connectivity index (χ2n) is 11.9. The molecule has 5 rings (SSSR count). The molecule has 3 aliphatic rings. The molecule has 2 fully saturated rings. The molecule has 1 aliphatic carbocycles. The second-order valence-corrected chi connectivity index (χ2v) is 13.1. The predicted octanol–water partition coefficient (Wildman–Crippen LogP) is 5.33. The van der Waals surface area contributed by atoms with Crippen molar-refractivity contribution in [1.82, 2.24) is 14.8 Å². The fraction of sp³-hybridized carbons (Fsp3) is 0.667. The number of carbonyl (C=O) groups excluding carboxylic acids is 1. The Balaban J connectivity index is 1.23. The minimum Gasteiger partial charge on any atom is -0.373 e. The van der Waals surface area contributed by atoms with E-state index in [1.165, 1.54) is 41.0 Å². The van der Waals surface area contributed by atoms with Crippen LogP contribution >= 0.6 is 11.3 Å². The van der Waals surface area contributed by atoms with Gasteiger partial charge in [0.05, 0.1) is 24.3 Å². The van der Waals surface area contributed by atoms with Crippen molar-refractivity contribution in [3.63, 3.8) is 0 Å². The zero-order valence-corrected chi connectivity index (χ0v) is 24.2. The Labute approximate surface area is 225 Å². The van der Waals surface area contributed by atoms with E-state index in [0.717, 1.165) is 36.3 Å². The summed E-state index contributed by atoms with van der Waals surface area (Å²) in [4.78, 5) is 36.2. The lowest BCUT2D eigenvalue weighted by Gasteiger charge is -2.47. The molecule has 0 spiro atoms. The average Bonchev–Trinajstić information content (AvgIpc) is 3.16. The molecular formula is C30H43N3O3S. The Kier molecular flexibility index (Phi) is 7.68. The van der Waals surface area contributed by atoms with Gasteiger partial charge in [-0.1, -0.05) is 6.92 Å². The highest BCUT2D eigenvalue weighted by Crippen LogP contribution is 2.44. The van der Waals surface area contributed by atoms with Crippen molar-refractivity contribution in [3.8, 4) is 0 Å². The molecule has 4 heterocycles. The number of aromatic amines is 1. The molecule has 0 aromatic carbocycles. The van der Waals surface area contributed by atoms with Gasteiger partial charge in [0.1, 0.15) is 0 Å². The largest absolute Gasteiger partial charge is 0.373 e. The summed E-state index contributed by atoms with van der Waals surface area (Å²) >= 11 is 1.87. The first-order valence-electron chi connectivity index (χ1n) is 14.1. The van der Waals surface area contributed by atoms with E-state index >= 15 is 0 Å². The number of aryl methyl sites for hydroxylation is 2. The van der Waals surface area contributed by atoms with Crippen LogP contribution in [0.4, 0.5) is 0 Å². The van der Waals surface area contributed by atoms with Crippen LogP contribution in [0.5, 0.6) is 0 Å². The summed E-state index contributed by atoms with van der Waals surface area (Å²) in [5.74, 6) is 1.25. The molecule has 0 radical (unpaired) electrons. The van der Waals surface area contributed by atoms with Crippen LogP contribution in [0.3, 0.4) is 0 Å². The number of fused-ring (bicyclic) bond motifs is 1. The number of thiophene rings is 1. The minimum atomic E-state index is -0.0794. The molecule has 2 aromatic rings. The molecule has 0 unspecified atom stereocenters. The standard InChI is InChI=1S/C30H43N3O3S/c1-17(2)36-24-14-33(15-24)23-9-7-22(8-10-23)20(5)28-21(6)27-26(37-28)11-12-32(30(27)35)16-25-18(3)13-19(4)31-29(25)34/h13,17,20,22-24H,7-12,14-16H2,1-6H3,(H,31,34)/t20-,22?,23?/m1/s1. The number of ether oxygens (including phenoxy) is 1. The van der Waals surface area contributed by atoms with E-state index in [1.54, 1.807) is 0 Å². The number of aromatic nitrogens is 1. The smallest absolute Gasteiger partial charge is 0.255 e. The SMILES string of the molecule is Cc1cc(C)c(CN2CCc3sc([C@H](C)C4CCC(N5CC(OC(C)C)C5)CC4)c(C)c3C2=O)c(=O)[nH]1. The van der Waals surface area contributed by atoms with Gasteiger partial charge in [-0.2, -0.15) is 0 Å². The zero-order valence-electron chi connectivity index (χ0n) is 23.4. The van der Waals surface area contributed by atoms with Gasteiger partial charge in [0.25, 0.3) is 11.5 Å². The molecule has 6 nitrogen and oxygen atoms in total. The monoisotopic (exact) mass is 525 g/mol. The third kappa shape index (κ3) is 5.32. The van der Waals surface area contributed by atoms with Gasteiger partial charge in [-0.3, -0.25) is 14.5 Å². The summed E-state index contributed by atoms with van der Waals surface area (Å²) in [7, 11) is 0. The van der Waals surface area contributed by atoms with Gasteiger partial charge in [-0.25, -0.2) is 0 Å². The fourth-order valence-electron chi connectivity index (χ4n) is 6.82. The molecule has 2 aromatic heterocycles. The maximum absolute atomic E-state index is 13.6. The van der Waals surface area contributed by atoms with Crippen LogP contribution in [-0.4, -0.2) is 58.6 Å². The van der Waals surface area contributed by atoms with Crippen molar-refractivity contribution in [2.75, 3.05) is 19.6 Å². The third-order valence-electron chi connectivity index (χ3n) is 8.93. The molecule has 1 saturated heterocycles. The van der Waals surface area contributed by atoms with Crippen molar-refractivity contribution in [1.29, 1.82) is 0 Å². The van der Waals surface area contributed by atoms with Crippen molar-refractivity contribution >= 4 is 17.2 Å². The Hall–Kier alpha value is -1.96. The average molecular weight is 526 g/mol. The van der Waals surface area contributed by atoms with Crippen molar-refractivity contribution in [3.05, 3.63) is 54.1 Å². The van der Waals surface area contributed by atoms with E-state index in [9.17, 15) is 9.59 Å². The number of likely N-dealkylation sites (tertiary alicyclic amines) is 1. The highest BCUT2D eigenvalue weighted by atomic mass is 32.1. The van der Waals surface area contributed by atoms with E-state index in [2.05, 4.69) is 37.6 Å². The molecule has 202 valence electrons. The normalized spacial score (nSPS) is 23.9. The number of nitrogens with one attached hydrogen (secondary N) is 1. The van der Waals surface area contributed by atoms with Crippen LogP contribution in [0.1, 0.15) is 94.9 Å². The van der Waals surface area contributed by atoms with Gasteiger partial charge in [0.2, 0.25) is 0 Å². The summed E-state index contributed by atoms with van der Waals surface area (Å²) in [5.41, 5.74) is 4.51. The van der Waals surface area contributed by atoms with Gasteiger partial charge in [-0.15, -0.1) is 11.3 Å². The Bertz CT molecular complexity index is 1200. The Morgan fingerprint density at radius 3 is 2.43 bits per heavy atom. The third-order valence-corrected chi connectivity index (χ3v) is 10.5. The van der Waals surface area contributed by atoms with Crippen LogP contribution in [-0.2, 0) is 17.7 Å². The second kappa shape index (κ2) is 10.7. The topological polar surface area (TPSA) is 65.6 Å².